The van der Waals surface area contributed by atoms with E-state index < -0.39 is 0 Å². The molecule has 0 aromatic heterocycles. The van der Waals surface area contributed by atoms with Crippen molar-refractivity contribution in [2.45, 2.75) is 38.5 Å². The van der Waals surface area contributed by atoms with Crippen LogP contribution < -0.4 is 11.3 Å². The highest BCUT2D eigenvalue weighted by atomic mass is 16.5. The molecule has 0 unspecified atom stereocenters. The molecule has 1 saturated carbocycles. The summed E-state index contributed by atoms with van der Waals surface area (Å²) in [6, 6.07) is 0. The number of nitrogens with two attached hydrogens (primary N) is 1. The van der Waals surface area contributed by atoms with E-state index in [1.165, 1.54) is 25.7 Å². The number of hydrogen-bond acceptors (Lipinski definition) is 3. The summed E-state index contributed by atoms with van der Waals surface area (Å²) in [6.07, 6.45) is 6.54. The molecule has 4 heteroatoms. The molecule has 0 heterocycles. The van der Waals surface area contributed by atoms with E-state index in [2.05, 4.69) is 5.43 Å². The molecule has 0 spiro atoms. The summed E-state index contributed by atoms with van der Waals surface area (Å²) < 4.78 is 5.41. The standard InChI is InChI=1S/C10H20N2O2/c11-12-10(13)5-2-7-14-8-6-9-3-1-4-9/h9H,1-8,11H2,(H,12,13). The molecule has 1 aliphatic rings. The molecule has 0 bridgehead atoms. The summed E-state index contributed by atoms with van der Waals surface area (Å²) in [5.74, 6) is 5.72. The number of hydrogen-bond donors (Lipinski definition) is 2. The fraction of sp³-hybridized carbons (Fsp3) is 0.900. The van der Waals surface area contributed by atoms with E-state index in [-0.39, 0.29) is 5.91 Å². The van der Waals surface area contributed by atoms with Gasteiger partial charge in [0.2, 0.25) is 5.91 Å². The Morgan fingerprint density at radius 3 is 2.79 bits per heavy atom. The zero-order valence-corrected chi connectivity index (χ0v) is 8.63. The predicted octanol–water partition coefficient (Wildman–Crippen LogP) is 0.963. The topological polar surface area (TPSA) is 64.3 Å². The van der Waals surface area contributed by atoms with Gasteiger partial charge in [0, 0.05) is 19.6 Å². The first-order valence-electron chi connectivity index (χ1n) is 5.40. The van der Waals surface area contributed by atoms with Crippen LogP contribution in [0, 0.1) is 5.92 Å². The molecule has 4 nitrogen and oxygen atoms in total. The van der Waals surface area contributed by atoms with Crippen LogP contribution in [0.5, 0.6) is 0 Å². The van der Waals surface area contributed by atoms with Crippen LogP contribution in [-0.2, 0) is 9.53 Å². The van der Waals surface area contributed by atoms with Crippen LogP contribution in [0.25, 0.3) is 0 Å². The van der Waals surface area contributed by atoms with E-state index in [4.69, 9.17) is 10.6 Å². The maximum absolute atomic E-state index is 10.7. The number of carbonyl (C=O) groups excluding carboxylic acids is 1. The van der Waals surface area contributed by atoms with Crippen LogP contribution in [0.3, 0.4) is 0 Å². The minimum absolute atomic E-state index is 0.118. The highest BCUT2D eigenvalue weighted by Gasteiger charge is 2.16. The lowest BCUT2D eigenvalue weighted by Crippen LogP contribution is -2.29. The Labute approximate surface area is 85.2 Å². The number of amides is 1. The highest BCUT2D eigenvalue weighted by molar-refractivity contribution is 5.75. The van der Waals surface area contributed by atoms with E-state index in [1.54, 1.807) is 0 Å². The van der Waals surface area contributed by atoms with Gasteiger partial charge >= 0.3 is 0 Å². The van der Waals surface area contributed by atoms with Crippen LogP contribution in [-0.4, -0.2) is 19.1 Å². The molecule has 82 valence electrons. The Bertz CT molecular complexity index is 170. The molecule has 0 aliphatic heterocycles. The normalized spacial score (nSPS) is 16.4. The molecule has 1 fully saturated rings. The maximum Gasteiger partial charge on any atom is 0.233 e. The van der Waals surface area contributed by atoms with E-state index in [0.29, 0.717) is 13.0 Å². The molecule has 3 N–H and O–H groups in total. The molecule has 0 radical (unpaired) electrons. The number of hydrazine groups is 1. The van der Waals surface area contributed by atoms with Crippen molar-refractivity contribution >= 4 is 5.91 Å². The van der Waals surface area contributed by atoms with E-state index in [1.807, 2.05) is 0 Å². The monoisotopic (exact) mass is 200 g/mol. The minimum Gasteiger partial charge on any atom is -0.381 e. The molecule has 1 amide bonds. The van der Waals surface area contributed by atoms with Crippen molar-refractivity contribution in [2.75, 3.05) is 13.2 Å². The molecular weight excluding hydrogens is 180 g/mol. The van der Waals surface area contributed by atoms with Crippen molar-refractivity contribution in [3.8, 4) is 0 Å². The second-order valence-corrected chi connectivity index (χ2v) is 3.87. The first-order valence-corrected chi connectivity index (χ1v) is 5.40. The van der Waals surface area contributed by atoms with E-state index in [9.17, 15) is 4.79 Å². The Kier molecular flexibility index (Phi) is 5.56. The van der Waals surface area contributed by atoms with Crippen molar-refractivity contribution in [2.24, 2.45) is 11.8 Å². The summed E-state index contributed by atoms with van der Waals surface area (Å²) in [6.45, 7) is 1.51. The Morgan fingerprint density at radius 2 is 2.21 bits per heavy atom. The Hall–Kier alpha value is -0.610. The number of carbonyl (C=O) groups is 1. The fourth-order valence-corrected chi connectivity index (χ4v) is 1.54. The Balaban J connectivity index is 1.77. The average molecular weight is 200 g/mol. The van der Waals surface area contributed by atoms with Crippen LogP contribution in [0.1, 0.15) is 38.5 Å². The molecule has 1 rings (SSSR count). The second-order valence-electron chi connectivity index (χ2n) is 3.87. The maximum atomic E-state index is 10.7. The van der Waals surface area contributed by atoms with Gasteiger partial charge in [-0.1, -0.05) is 19.3 Å². The highest BCUT2D eigenvalue weighted by Crippen LogP contribution is 2.29. The van der Waals surface area contributed by atoms with Gasteiger partial charge < -0.3 is 4.74 Å². The lowest BCUT2D eigenvalue weighted by Gasteiger charge is -2.24. The van der Waals surface area contributed by atoms with Gasteiger partial charge in [0.25, 0.3) is 0 Å². The zero-order valence-electron chi connectivity index (χ0n) is 8.63. The van der Waals surface area contributed by atoms with Crippen LogP contribution >= 0.6 is 0 Å². The van der Waals surface area contributed by atoms with Gasteiger partial charge in [0.05, 0.1) is 0 Å². The zero-order chi connectivity index (χ0) is 10.2. The summed E-state index contributed by atoms with van der Waals surface area (Å²) in [7, 11) is 0. The van der Waals surface area contributed by atoms with Crippen molar-refractivity contribution in [3.63, 3.8) is 0 Å². The first-order chi connectivity index (χ1) is 6.83. The molecule has 1 aliphatic carbocycles. The average Bonchev–Trinajstić information content (AvgIpc) is 2.13. The lowest BCUT2D eigenvalue weighted by atomic mass is 9.83. The van der Waals surface area contributed by atoms with Crippen molar-refractivity contribution in [1.29, 1.82) is 0 Å². The SMILES string of the molecule is NNC(=O)CCCOCCC1CCC1. The smallest absolute Gasteiger partial charge is 0.233 e. The van der Waals surface area contributed by atoms with Gasteiger partial charge in [0.1, 0.15) is 0 Å². The first kappa shape index (κ1) is 11.5. The van der Waals surface area contributed by atoms with E-state index >= 15 is 0 Å². The molecule has 0 aromatic carbocycles. The third-order valence-corrected chi connectivity index (χ3v) is 2.75. The Morgan fingerprint density at radius 1 is 1.43 bits per heavy atom. The number of ether oxygens (including phenoxy) is 1. The van der Waals surface area contributed by atoms with Crippen LogP contribution in [0.4, 0.5) is 0 Å². The van der Waals surface area contributed by atoms with Crippen molar-refractivity contribution in [1.82, 2.24) is 5.43 Å². The fourth-order valence-electron chi connectivity index (χ4n) is 1.54. The number of rotatable bonds is 7. The summed E-state index contributed by atoms with van der Waals surface area (Å²) in [5, 5.41) is 0. The van der Waals surface area contributed by atoms with Gasteiger partial charge in [0.15, 0.2) is 0 Å². The predicted molar refractivity (Wildman–Crippen MR) is 54.3 cm³/mol. The van der Waals surface area contributed by atoms with Gasteiger partial charge in [-0.25, -0.2) is 5.84 Å². The van der Waals surface area contributed by atoms with Crippen molar-refractivity contribution < 1.29 is 9.53 Å². The quantitative estimate of drug-likeness (QED) is 0.278. The molecule has 0 aromatic rings. The third-order valence-electron chi connectivity index (χ3n) is 2.75. The largest absolute Gasteiger partial charge is 0.381 e. The molecular formula is C10H20N2O2. The number of nitrogens with one attached hydrogen (secondary N) is 1. The molecule has 0 atom stereocenters. The van der Waals surface area contributed by atoms with Gasteiger partial charge in [-0.2, -0.15) is 0 Å². The van der Waals surface area contributed by atoms with Crippen LogP contribution in [0.2, 0.25) is 0 Å². The van der Waals surface area contributed by atoms with Gasteiger partial charge in [-0.15, -0.1) is 0 Å². The summed E-state index contributed by atoms with van der Waals surface area (Å²) in [5.41, 5.74) is 2.10. The van der Waals surface area contributed by atoms with Gasteiger partial charge in [-0.05, 0) is 18.8 Å². The second kappa shape index (κ2) is 6.79. The van der Waals surface area contributed by atoms with Gasteiger partial charge in [-0.3, -0.25) is 10.2 Å². The third kappa shape index (κ3) is 4.58. The summed E-state index contributed by atoms with van der Waals surface area (Å²) >= 11 is 0. The molecule has 14 heavy (non-hydrogen) atoms. The minimum atomic E-state index is -0.118. The van der Waals surface area contributed by atoms with Crippen molar-refractivity contribution in [3.05, 3.63) is 0 Å². The summed E-state index contributed by atoms with van der Waals surface area (Å²) in [4.78, 5) is 10.7. The lowest BCUT2D eigenvalue weighted by molar-refractivity contribution is -0.121. The van der Waals surface area contributed by atoms with Crippen LogP contribution in [0.15, 0.2) is 0 Å². The molecule has 0 saturated heterocycles. The van der Waals surface area contributed by atoms with E-state index in [0.717, 1.165) is 18.9 Å².